The van der Waals surface area contributed by atoms with E-state index in [2.05, 4.69) is 5.32 Å². The Bertz CT molecular complexity index is 392. The molecule has 0 radical (unpaired) electrons. The molecule has 0 bridgehead atoms. The number of fused-ring (bicyclic) bond motifs is 1. The van der Waals surface area contributed by atoms with Crippen molar-refractivity contribution in [1.82, 2.24) is 5.32 Å². The van der Waals surface area contributed by atoms with Crippen LogP contribution < -0.4 is 10.1 Å². The van der Waals surface area contributed by atoms with E-state index in [9.17, 15) is 9.90 Å². The van der Waals surface area contributed by atoms with Crippen LogP contribution in [0, 0.1) is 0 Å². The fraction of sp³-hybridized carbons (Fsp3) is 0.417. The molecule has 16 heavy (non-hydrogen) atoms. The number of amides is 1. The Labute approximate surface area is 94.2 Å². The largest absolute Gasteiger partial charge is 0.488 e. The second-order valence-corrected chi connectivity index (χ2v) is 3.97. The molecule has 0 aromatic heterocycles. The van der Waals surface area contributed by atoms with Crippen molar-refractivity contribution in [3.63, 3.8) is 0 Å². The van der Waals surface area contributed by atoms with Crippen molar-refractivity contribution < 1.29 is 14.6 Å². The number of nitrogens with one attached hydrogen (secondary N) is 1. The lowest BCUT2D eigenvalue weighted by Gasteiger charge is -2.29. The van der Waals surface area contributed by atoms with E-state index in [1.165, 1.54) is 6.92 Å². The van der Waals surface area contributed by atoms with Gasteiger partial charge in [0.25, 0.3) is 0 Å². The van der Waals surface area contributed by atoms with Crippen LogP contribution in [0.4, 0.5) is 0 Å². The summed E-state index contributed by atoms with van der Waals surface area (Å²) in [4.78, 5) is 10.8. The third-order valence-corrected chi connectivity index (χ3v) is 2.64. The van der Waals surface area contributed by atoms with Crippen molar-refractivity contribution in [2.45, 2.75) is 25.6 Å². The lowest BCUT2D eigenvalue weighted by atomic mass is 9.99. The molecule has 0 spiro atoms. The van der Waals surface area contributed by atoms with E-state index in [0.717, 1.165) is 5.56 Å². The zero-order valence-corrected chi connectivity index (χ0v) is 9.14. The predicted molar refractivity (Wildman–Crippen MR) is 59.1 cm³/mol. The Morgan fingerprint density at radius 1 is 1.56 bits per heavy atom. The highest BCUT2D eigenvalue weighted by Gasteiger charge is 2.26. The smallest absolute Gasteiger partial charge is 0.217 e. The van der Waals surface area contributed by atoms with Gasteiger partial charge in [-0.05, 0) is 6.07 Å². The van der Waals surface area contributed by atoms with Crippen LogP contribution in [0.5, 0.6) is 5.75 Å². The van der Waals surface area contributed by atoms with Gasteiger partial charge in [-0.1, -0.05) is 18.2 Å². The zero-order chi connectivity index (χ0) is 11.5. The van der Waals surface area contributed by atoms with E-state index < -0.39 is 6.10 Å². The van der Waals surface area contributed by atoms with Crippen LogP contribution in [0.3, 0.4) is 0 Å². The monoisotopic (exact) mass is 221 g/mol. The third-order valence-electron chi connectivity index (χ3n) is 2.64. The van der Waals surface area contributed by atoms with Gasteiger partial charge in [0.2, 0.25) is 5.91 Å². The van der Waals surface area contributed by atoms with Gasteiger partial charge in [-0.15, -0.1) is 0 Å². The van der Waals surface area contributed by atoms with Crippen molar-refractivity contribution >= 4 is 5.91 Å². The van der Waals surface area contributed by atoms with E-state index >= 15 is 0 Å². The normalized spacial score (nSPS) is 23.1. The molecule has 4 nitrogen and oxygen atoms in total. The van der Waals surface area contributed by atoms with Gasteiger partial charge in [-0.3, -0.25) is 4.79 Å². The first-order valence-corrected chi connectivity index (χ1v) is 5.35. The summed E-state index contributed by atoms with van der Waals surface area (Å²) in [6.45, 7) is 1.90. The highest BCUT2D eigenvalue weighted by molar-refractivity contribution is 5.72. The van der Waals surface area contributed by atoms with E-state index in [4.69, 9.17) is 4.74 Å². The number of hydrogen-bond acceptors (Lipinski definition) is 3. The quantitative estimate of drug-likeness (QED) is 0.783. The molecule has 0 unspecified atom stereocenters. The number of para-hydroxylation sites is 1. The molecule has 0 saturated carbocycles. The lowest BCUT2D eigenvalue weighted by Crippen LogP contribution is -2.37. The van der Waals surface area contributed by atoms with Crippen LogP contribution in [0.15, 0.2) is 24.3 Å². The molecule has 2 atom stereocenters. The van der Waals surface area contributed by atoms with Crippen LogP contribution in [0.25, 0.3) is 0 Å². The summed E-state index contributed by atoms with van der Waals surface area (Å²) in [5, 5.41) is 12.6. The molecule has 1 aromatic carbocycles. The van der Waals surface area contributed by atoms with E-state index in [1.54, 1.807) is 0 Å². The van der Waals surface area contributed by atoms with Gasteiger partial charge in [0, 0.05) is 18.9 Å². The number of ether oxygens (including phenoxy) is 1. The maximum absolute atomic E-state index is 10.8. The molecule has 1 aliphatic heterocycles. The molecule has 1 aromatic rings. The molecule has 1 aliphatic rings. The van der Waals surface area contributed by atoms with E-state index in [1.807, 2.05) is 24.3 Å². The van der Waals surface area contributed by atoms with Gasteiger partial charge in [-0.2, -0.15) is 0 Å². The molecular formula is C12H15NO3. The average molecular weight is 221 g/mol. The highest BCUT2D eigenvalue weighted by Crippen LogP contribution is 2.33. The lowest BCUT2D eigenvalue weighted by molar-refractivity contribution is -0.119. The Kier molecular flexibility index (Phi) is 3.10. The van der Waals surface area contributed by atoms with Crippen molar-refractivity contribution in [1.29, 1.82) is 0 Å². The van der Waals surface area contributed by atoms with Crippen LogP contribution in [-0.2, 0) is 4.79 Å². The molecule has 86 valence electrons. The molecule has 0 aliphatic carbocycles. The summed E-state index contributed by atoms with van der Waals surface area (Å²) < 4.78 is 5.68. The summed E-state index contributed by atoms with van der Waals surface area (Å²) in [5.74, 6) is 0.619. The number of aliphatic hydroxyl groups is 1. The SMILES string of the molecule is CC(=O)NC[C@@H]1C[C@H](O)c2ccccc2O1. The van der Waals surface area contributed by atoms with Crippen LogP contribution in [-0.4, -0.2) is 23.7 Å². The number of rotatable bonds is 2. The third kappa shape index (κ3) is 2.33. The summed E-state index contributed by atoms with van der Waals surface area (Å²) in [6.07, 6.45) is -0.158. The maximum atomic E-state index is 10.8. The fourth-order valence-corrected chi connectivity index (χ4v) is 1.85. The van der Waals surface area contributed by atoms with Gasteiger partial charge in [0.1, 0.15) is 11.9 Å². The van der Waals surface area contributed by atoms with Crippen molar-refractivity contribution in [2.75, 3.05) is 6.54 Å². The fourth-order valence-electron chi connectivity index (χ4n) is 1.85. The molecular weight excluding hydrogens is 206 g/mol. The maximum Gasteiger partial charge on any atom is 0.217 e. The van der Waals surface area contributed by atoms with Crippen molar-refractivity contribution in [3.05, 3.63) is 29.8 Å². The standard InChI is InChI=1S/C12H15NO3/c1-8(14)13-7-9-6-11(15)10-4-2-3-5-12(10)16-9/h2-5,9,11,15H,6-7H2,1H3,(H,13,14)/t9-,11-/m0/s1. The zero-order valence-electron chi connectivity index (χ0n) is 9.14. The first kappa shape index (κ1) is 11.0. The number of aliphatic hydroxyl groups excluding tert-OH is 1. The topological polar surface area (TPSA) is 58.6 Å². The van der Waals surface area contributed by atoms with Gasteiger partial charge >= 0.3 is 0 Å². The van der Waals surface area contributed by atoms with E-state index in [-0.39, 0.29) is 12.0 Å². The van der Waals surface area contributed by atoms with Crippen LogP contribution in [0.1, 0.15) is 25.0 Å². The average Bonchev–Trinajstić information content (AvgIpc) is 2.26. The minimum Gasteiger partial charge on any atom is -0.488 e. The minimum absolute atomic E-state index is 0.0862. The molecule has 4 heteroatoms. The number of carbonyl (C=O) groups excluding carboxylic acids is 1. The molecule has 0 fully saturated rings. The van der Waals surface area contributed by atoms with Gasteiger partial charge in [0.15, 0.2) is 0 Å². The van der Waals surface area contributed by atoms with Crippen LogP contribution >= 0.6 is 0 Å². The van der Waals surface area contributed by atoms with Crippen molar-refractivity contribution in [2.24, 2.45) is 0 Å². The Hall–Kier alpha value is -1.55. The van der Waals surface area contributed by atoms with Crippen molar-refractivity contribution in [3.8, 4) is 5.75 Å². The molecule has 1 heterocycles. The minimum atomic E-state index is -0.510. The predicted octanol–water partition coefficient (Wildman–Crippen LogP) is 1.01. The summed E-state index contributed by atoms with van der Waals surface area (Å²) >= 11 is 0. The van der Waals surface area contributed by atoms with E-state index in [0.29, 0.717) is 18.7 Å². The number of carbonyl (C=O) groups is 1. The summed E-state index contributed by atoms with van der Waals surface area (Å²) in [5.41, 5.74) is 0.821. The molecule has 0 saturated heterocycles. The highest BCUT2D eigenvalue weighted by atomic mass is 16.5. The first-order chi connectivity index (χ1) is 7.66. The Morgan fingerprint density at radius 2 is 2.31 bits per heavy atom. The molecule has 1 amide bonds. The van der Waals surface area contributed by atoms with Crippen LogP contribution in [0.2, 0.25) is 0 Å². The van der Waals surface area contributed by atoms with Gasteiger partial charge in [-0.25, -0.2) is 0 Å². The Morgan fingerprint density at radius 3 is 3.06 bits per heavy atom. The second kappa shape index (κ2) is 4.53. The first-order valence-electron chi connectivity index (χ1n) is 5.35. The summed E-state index contributed by atoms with van der Waals surface area (Å²) in [6, 6.07) is 7.43. The van der Waals surface area contributed by atoms with Gasteiger partial charge < -0.3 is 15.2 Å². The number of benzene rings is 1. The molecule has 2 N–H and O–H groups in total. The Balaban J connectivity index is 2.06. The second-order valence-electron chi connectivity index (χ2n) is 3.97. The molecule has 2 rings (SSSR count). The van der Waals surface area contributed by atoms with Gasteiger partial charge in [0.05, 0.1) is 12.6 Å². The number of hydrogen-bond donors (Lipinski definition) is 2. The summed E-state index contributed by atoms with van der Waals surface area (Å²) in [7, 11) is 0.